The molecular formula is C11H8O2. The van der Waals surface area contributed by atoms with Gasteiger partial charge in [-0.3, -0.25) is 0 Å². The van der Waals surface area contributed by atoms with E-state index >= 15 is 0 Å². The zero-order valence-electron chi connectivity index (χ0n) is 6.99. The second-order valence-corrected chi connectivity index (χ2v) is 3.02. The SMILES string of the molecule is C1=Cc2c(ccc3occc23)OC1. The van der Waals surface area contributed by atoms with E-state index in [2.05, 4.69) is 6.08 Å². The highest BCUT2D eigenvalue weighted by Gasteiger charge is 2.10. The quantitative estimate of drug-likeness (QED) is 0.609. The molecule has 0 atom stereocenters. The summed E-state index contributed by atoms with van der Waals surface area (Å²) in [6, 6.07) is 5.85. The predicted octanol–water partition coefficient (Wildman–Crippen LogP) is 2.84. The Kier molecular flexibility index (Phi) is 1.25. The standard InChI is InChI=1S/C11H8O2/c1-2-8-9-5-7-13-11(9)4-3-10(8)12-6-1/h1-5,7H,6H2. The van der Waals surface area contributed by atoms with E-state index in [0.717, 1.165) is 22.3 Å². The van der Waals surface area contributed by atoms with Gasteiger partial charge in [0.2, 0.25) is 0 Å². The van der Waals surface area contributed by atoms with E-state index in [1.165, 1.54) is 0 Å². The first-order valence-electron chi connectivity index (χ1n) is 4.25. The summed E-state index contributed by atoms with van der Waals surface area (Å²) < 4.78 is 10.8. The fourth-order valence-electron chi connectivity index (χ4n) is 1.65. The monoisotopic (exact) mass is 172 g/mol. The van der Waals surface area contributed by atoms with Crippen molar-refractivity contribution in [3.05, 3.63) is 36.1 Å². The van der Waals surface area contributed by atoms with Crippen molar-refractivity contribution in [3.8, 4) is 5.75 Å². The van der Waals surface area contributed by atoms with Crippen LogP contribution in [0.25, 0.3) is 17.0 Å². The van der Waals surface area contributed by atoms with Gasteiger partial charge in [-0.2, -0.15) is 0 Å². The van der Waals surface area contributed by atoms with Crippen LogP contribution < -0.4 is 4.74 Å². The molecule has 0 saturated carbocycles. The summed E-state index contributed by atoms with van der Waals surface area (Å²) in [6.07, 6.45) is 5.79. The first-order valence-corrected chi connectivity index (χ1v) is 4.25. The van der Waals surface area contributed by atoms with E-state index in [4.69, 9.17) is 9.15 Å². The van der Waals surface area contributed by atoms with Gasteiger partial charge in [0.1, 0.15) is 17.9 Å². The highest BCUT2D eigenvalue weighted by molar-refractivity contribution is 5.90. The topological polar surface area (TPSA) is 22.4 Å². The number of rotatable bonds is 0. The lowest BCUT2D eigenvalue weighted by Crippen LogP contribution is -1.99. The first kappa shape index (κ1) is 6.78. The molecule has 2 aromatic rings. The fraction of sp³-hybridized carbons (Fsp3) is 0.0909. The summed E-state index contributed by atoms with van der Waals surface area (Å²) in [5.41, 5.74) is 2.03. The van der Waals surface area contributed by atoms with Crippen LogP contribution >= 0.6 is 0 Å². The van der Waals surface area contributed by atoms with Gasteiger partial charge < -0.3 is 9.15 Å². The van der Waals surface area contributed by atoms with Crippen LogP contribution in [0.4, 0.5) is 0 Å². The van der Waals surface area contributed by atoms with Crippen molar-refractivity contribution in [2.45, 2.75) is 0 Å². The molecular weight excluding hydrogens is 164 g/mol. The van der Waals surface area contributed by atoms with Crippen LogP contribution in [0.1, 0.15) is 5.56 Å². The lowest BCUT2D eigenvalue weighted by Gasteiger charge is -2.11. The third kappa shape index (κ3) is 0.886. The molecule has 1 aromatic carbocycles. The van der Waals surface area contributed by atoms with Crippen molar-refractivity contribution in [1.82, 2.24) is 0 Å². The molecule has 0 unspecified atom stereocenters. The largest absolute Gasteiger partial charge is 0.489 e. The molecule has 1 aromatic heterocycles. The van der Waals surface area contributed by atoms with Crippen LogP contribution in [0.15, 0.2) is 35.0 Å². The van der Waals surface area contributed by atoms with Gasteiger partial charge in [-0.1, -0.05) is 6.08 Å². The fourth-order valence-corrected chi connectivity index (χ4v) is 1.65. The summed E-state index contributed by atoms with van der Waals surface area (Å²) in [4.78, 5) is 0. The molecule has 0 spiro atoms. The summed E-state index contributed by atoms with van der Waals surface area (Å²) in [6.45, 7) is 0.663. The first-order chi connectivity index (χ1) is 6.45. The Balaban J connectivity index is 2.43. The average Bonchev–Trinajstić information content (AvgIpc) is 2.65. The van der Waals surface area contributed by atoms with Crippen LogP contribution in [-0.2, 0) is 0 Å². The number of fused-ring (bicyclic) bond motifs is 3. The molecule has 0 saturated heterocycles. The number of furan rings is 1. The number of benzene rings is 1. The Hall–Kier alpha value is -1.70. The van der Waals surface area contributed by atoms with Gasteiger partial charge in [0.25, 0.3) is 0 Å². The molecule has 0 radical (unpaired) electrons. The van der Waals surface area contributed by atoms with Gasteiger partial charge in [-0.25, -0.2) is 0 Å². The highest BCUT2D eigenvalue weighted by Crippen LogP contribution is 2.31. The lowest BCUT2D eigenvalue weighted by molar-refractivity contribution is 0.359. The third-order valence-electron chi connectivity index (χ3n) is 2.26. The maximum atomic E-state index is 5.47. The van der Waals surface area contributed by atoms with Crippen LogP contribution in [0.3, 0.4) is 0 Å². The molecule has 0 N–H and O–H groups in total. The second-order valence-electron chi connectivity index (χ2n) is 3.02. The van der Waals surface area contributed by atoms with Crippen LogP contribution in [0.5, 0.6) is 5.75 Å². The summed E-state index contributed by atoms with van der Waals surface area (Å²) >= 11 is 0. The molecule has 0 aliphatic carbocycles. The average molecular weight is 172 g/mol. The normalized spacial score (nSPS) is 14.2. The minimum Gasteiger partial charge on any atom is -0.489 e. The van der Waals surface area contributed by atoms with E-state index in [9.17, 15) is 0 Å². The molecule has 0 fully saturated rings. The van der Waals surface area contributed by atoms with Gasteiger partial charge in [-0.15, -0.1) is 0 Å². The molecule has 3 rings (SSSR count). The predicted molar refractivity (Wildman–Crippen MR) is 50.7 cm³/mol. The van der Waals surface area contributed by atoms with Gasteiger partial charge in [0.15, 0.2) is 0 Å². The van der Waals surface area contributed by atoms with E-state index in [1.54, 1.807) is 6.26 Å². The van der Waals surface area contributed by atoms with Crippen LogP contribution in [0.2, 0.25) is 0 Å². The summed E-state index contributed by atoms with van der Waals surface area (Å²) in [5.74, 6) is 0.941. The molecule has 2 heteroatoms. The molecule has 13 heavy (non-hydrogen) atoms. The highest BCUT2D eigenvalue weighted by atomic mass is 16.5. The van der Waals surface area contributed by atoms with E-state index in [-0.39, 0.29) is 0 Å². The molecule has 0 bridgehead atoms. The van der Waals surface area contributed by atoms with Crippen molar-refractivity contribution < 1.29 is 9.15 Å². The van der Waals surface area contributed by atoms with Gasteiger partial charge >= 0.3 is 0 Å². The van der Waals surface area contributed by atoms with Crippen molar-refractivity contribution in [2.75, 3.05) is 6.61 Å². The Labute approximate surface area is 75.4 Å². The van der Waals surface area contributed by atoms with Gasteiger partial charge in [0, 0.05) is 10.9 Å². The van der Waals surface area contributed by atoms with Crippen LogP contribution in [0, 0.1) is 0 Å². The minimum absolute atomic E-state index is 0.663. The minimum atomic E-state index is 0.663. The number of hydrogen-bond acceptors (Lipinski definition) is 2. The molecule has 1 aliphatic heterocycles. The van der Waals surface area contributed by atoms with Crippen molar-refractivity contribution in [1.29, 1.82) is 0 Å². The Morgan fingerprint density at radius 3 is 3.15 bits per heavy atom. The van der Waals surface area contributed by atoms with Crippen LogP contribution in [-0.4, -0.2) is 6.61 Å². The van der Waals surface area contributed by atoms with Crippen molar-refractivity contribution in [3.63, 3.8) is 0 Å². The third-order valence-corrected chi connectivity index (χ3v) is 2.26. The second kappa shape index (κ2) is 2.39. The van der Waals surface area contributed by atoms with Gasteiger partial charge in [-0.05, 0) is 24.3 Å². The molecule has 1 aliphatic rings. The Morgan fingerprint density at radius 2 is 2.15 bits per heavy atom. The number of hydrogen-bond donors (Lipinski definition) is 0. The Morgan fingerprint density at radius 1 is 1.15 bits per heavy atom. The number of ether oxygens (including phenoxy) is 1. The Bertz CT molecular complexity index is 480. The van der Waals surface area contributed by atoms with E-state index < -0.39 is 0 Å². The van der Waals surface area contributed by atoms with E-state index in [1.807, 2.05) is 24.3 Å². The zero-order valence-corrected chi connectivity index (χ0v) is 6.99. The maximum Gasteiger partial charge on any atom is 0.134 e. The molecule has 2 nitrogen and oxygen atoms in total. The van der Waals surface area contributed by atoms with Gasteiger partial charge in [0.05, 0.1) is 6.26 Å². The van der Waals surface area contributed by atoms with Crippen molar-refractivity contribution >= 4 is 17.0 Å². The zero-order chi connectivity index (χ0) is 8.67. The smallest absolute Gasteiger partial charge is 0.134 e. The maximum absolute atomic E-state index is 5.47. The summed E-state index contributed by atoms with van der Waals surface area (Å²) in [7, 11) is 0. The summed E-state index contributed by atoms with van der Waals surface area (Å²) in [5, 5.41) is 1.12. The van der Waals surface area contributed by atoms with E-state index in [0.29, 0.717) is 6.61 Å². The molecule has 2 heterocycles. The molecule has 64 valence electrons. The van der Waals surface area contributed by atoms with Crippen molar-refractivity contribution in [2.24, 2.45) is 0 Å². The lowest BCUT2D eigenvalue weighted by atomic mass is 10.1. The molecule has 0 amide bonds.